The van der Waals surface area contributed by atoms with Crippen LogP contribution in [-0.4, -0.2) is 37.0 Å². The van der Waals surface area contributed by atoms with Crippen molar-refractivity contribution in [2.45, 2.75) is 46.3 Å². The van der Waals surface area contributed by atoms with Crippen LogP contribution in [0.2, 0.25) is 0 Å². The molecular formula is C28H29N5O4. The Balaban J connectivity index is 1.32. The molecule has 0 bridgehead atoms. The Labute approximate surface area is 214 Å². The predicted molar refractivity (Wildman–Crippen MR) is 140 cm³/mol. The van der Waals surface area contributed by atoms with Gasteiger partial charge in [0.05, 0.1) is 18.4 Å². The highest BCUT2D eigenvalue weighted by atomic mass is 16.5. The molecule has 0 saturated carbocycles. The number of aromatic nitrogens is 5. The van der Waals surface area contributed by atoms with Crippen LogP contribution < -0.4 is 15.0 Å². The number of hydrogen-bond acceptors (Lipinski definition) is 7. The zero-order valence-corrected chi connectivity index (χ0v) is 21.1. The molecule has 0 N–H and O–H groups in total. The van der Waals surface area contributed by atoms with Gasteiger partial charge in [0.1, 0.15) is 23.6 Å². The minimum Gasteiger partial charge on any atom is -0.494 e. The summed E-state index contributed by atoms with van der Waals surface area (Å²) in [6.45, 7) is 6.94. The van der Waals surface area contributed by atoms with Crippen LogP contribution in [0, 0.1) is 0 Å². The average molecular weight is 500 g/mol. The first kappa shape index (κ1) is 24.3. The zero-order valence-electron chi connectivity index (χ0n) is 21.1. The van der Waals surface area contributed by atoms with Gasteiger partial charge in [-0.2, -0.15) is 10.1 Å². The third-order valence-corrected chi connectivity index (χ3v) is 5.78. The largest absolute Gasteiger partial charge is 0.494 e. The highest BCUT2D eigenvalue weighted by Gasteiger charge is 2.13. The van der Waals surface area contributed by atoms with Gasteiger partial charge in [0.25, 0.3) is 5.56 Å². The number of rotatable bonds is 10. The van der Waals surface area contributed by atoms with Crippen LogP contribution >= 0.6 is 0 Å². The summed E-state index contributed by atoms with van der Waals surface area (Å²) in [5.74, 6) is 2.39. The lowest BCUT2D eigenvalue weighted by Crippen LogP contribution is -2.21. The molecule has 9 nitrogen and oxygen atoms in total. The van der Waals surface area contributed by atoms with Crippen molar-refractivity contribution in [3.05, 3.63) is 83.2 Å². The summed E-state index contributed by atoms with van der Waals surface area (Å²) in [5.41, 5.74) is 2.68. The van der Waals surface area contributed by atoms with Crippen molar-refractivity contribution in [3.8, 4) is 34.1 Å². The van der Waals surface area contributed by atoms with Crippen molar-refractivity contribution in [3.63, 3.8) is 0 Å². The van der Waals surface area contributed by atoms with Crippen molar-refractivity contribution in [2.24, 2.45) is 0 Å². The predicted octanol–water partition coefficient (Wildman–Crippen LogP) is 5.23. The molecule has 190 valence electrons. The molecule has 0 unspecified atom stereocenters. The van der Waals surface area contributed by atoms with E-state index in [1.807, 2.05) is 62.4 Å². The molecule has 2 aromatic carbocycles. The van der Waals surface area contributed by atoms with Gasteiger partial charge < -0.3 is 18.6 Å². The quantitative estimate of drug-likeness (QED) is 0.243. The zero-order chi connectivity index (χ0) is 25.8. The second-order valence-electron chi connectivity index (χ2n) is 9.02. The summed E-state index contributed by atoms with van der Waals surface area (Å²) in [4.78, 5) is 17.6. The Hall–Kier alpha value is -4.40. The maximum atomic E-state index is 13.2. The van der Waals surface area contributed by atoms with E-state index in [4.69, 9.17) is 14.0 Å². The molecule has 0 aliphatic heterocycles. The van der Waals surface area contributed by atoms with Gasteiger partial charge in [0.15, 0.2) is 0 Å². The molecule has 0 fully saturated rings. The number of hydrogen-bond donors (Lipinski definition) is 0. The van der Waals surface area contributed by atoms with Gasteiger partial charge in [-0.3, -0.25) is 4.79 Å². The van der Waals surface area contributed by atoms with Gasteiger partial charge in [0.2, 0.25) is 11.7 Å². The van der Waals surface area contributed by atoms with Crippen LogP contribution in [0.5, 0.6) is 11.5 Å². The fourth-order valence-electron chi connectivity index (χ4n) is 3.88. The summed E-state index contributed by atoms with van der Waals surface area (Å²) >= 11 is 0. The van der Waals surface area contributed by atoms with E-state index in [-0.39, 0.29) is 18.2 Å². The maximum Gasteiger partial charge on any atom is 0.277 e. The lowest BCUT2D eigenvalue weighted by molar-refractivity contribution is 0.242. The number of fused-ring (bicyclic) bond motifs is 1. The molecule has 0 aliphatic rings. The third-order valence-electron chi connectivity index (χ3n) is 5.78. The summed E-state index contributed by atoms with van der Waals surface area (Å²) in [6, 6.07) is 17.0. The van der Waals surface area contributed by atoms with Crippen molar-refractivity contribution in [2.75, 3.05) is 6.61 Å². The number of ether oxygens (including phenoxy) is 2. The molecule has 0 aliphatic carbocycles. The molecular weight excluding hydrogens is 470 g/mol. The lowest BCUT2D eigenvalue weighted by atomic mass is 10.1. The normalized spacial score (nSPS) is 11.4. The molecule has 0 amide bonds. The Bertz CT molecular complexity index is 1530. The minimum atomic E-state index is -0.198. The second-order valence-corrected chi connectivity index (χ2v) is 9.02. The van der Waals surface area contributed by atoms with Gasteiger partial charge in [0, 0.05) is 23.5 Å². The molecule has 0 atom stereocenters. The molecule has 0 radical (unpaired) electrons. The van der Waals surface area contributed by atoms with E-state index in [1.54, 1.807) is 23.0 Å². The first-order valence-corrected chi connectivity index (χ1v) is 12.4. The molecule has 3 aromatic heterocycles. The van der Waals surface area contributed by atoms with E-state index in [0.717, 1.165) is 35.5 Å². The van der Waals surface area contributed by atoms with E-state index in [2.05, 4.69) is 22.2 Å². The fraction of sp³-hybridized carbons (Fsp3) is 0.286. The summed E-state index contributed by atoms with van der Waals surface area (Å²) in [5, 5.41) is 8.64. The van der Waals surface area contributed by atoms with E-state index < -0.39 is 0 Å². The van der Waals surface area contributed by atoms with Crippen LogP contribution in [0.15, 0.2) is 76.3 Å². The van der Waals surface area contributed by atoms with Crippen LogP contribution in [0.1, 0.15) is 39.5 Å². The topological polar surface area (TPSA) is 96.7 Å². The first-order valence-electron chi connectivity index (χ1n) is 12.4. The fourth-order valence-corrected chi connectivity index (χ4v) is 3.88. The molecule has 5 rings (SSSR count). The monoisotopic (exact) mass is 499 g/mol. The highest BCUT2D eigenvalue weighted by molar-refractivity contribution is 5.66. The van der Waals surface area contributed by atoms with Crippen LogP contribution in [0.25, 0.3) is 28.2 Å². The molecule has 0 saturated heterocycles. The minimum absolute atomic E-state index is 0.0978. The number of nitrogens with zero attached hydrogens (tertiary/aromatic N) is 5. The van der Waals surface area contributed by atoms with E-state index >= 15 is 0 Å². The van der Waals surface area contributed by atoms with Gasteiger partial charge in [-0.25, -0.2) is 4.52 Å². The summed E-state index contributed by atoms with van der Waals surface area (Å²) in [6.07, 6.45) is 5.62. The maximum absolute atomic E-state index is 13.2. The first-order chi connectivity index (χ1) is 18.0. The summed E-state index contributed by atoms with van der Waals surface area (Å²) in [7, 11) is 0. The average Bonchev–Trinajstić information content (AvgIpc) is 3.54. The number of benzene rings is 2. The molecule has 3 heterocycles. The van der Waals surface area contributed by atoms with Crippen molar-refractivity contribution in [1.29, 1.82) is 0 Å². The Kier molecular flexibility index (Phi) is 7.02. The molecule has 9 heteroatoms. The Morgan fingerprint density at radius 3 is 2.43 bits per heavy atom. The Morgan fingerprint density at radius 2 is 1.70 bits per heavy atom. The SMILES string of the molecule is CCCCOc1ccc(-c2cc3c(=O)n(Cc4nc(-c5ccc(OC(C)C)cc5)no4)ccn3n2)cc1. The van der Waals surface area contributed by atoms with E-state index in [9.17, 15) is 4.79 Å². The van der Waals surface area contributed by atoms with Crippen LogP contribution in [0.4, 0.5) is 0 Å². The molecule has 37 heavy (non-hydrogen) atoms. The van der Waals surface area contributed by atoms with Crippen molar-refractivity contribution >= 4 is 5.52 Å². The number of unbranched alkanes of at least 4 members (excludes halogenated alkanes) is 1. The van der Waals surface area contributed by atoms with Gasteiger partial charge in [-0.1, -0.05) is 18.5 Å². The lowest BCUT2D eigenvalue weighted by Gasteiger charge is -2.09. The summed E-state index contributed by atoms with van der Waals surface area (Å²) < 4.78 is 19.9. The van der Waals surface area contributed by atoms with Gasteiger partial charge >= 0.3 is 0 Å². The third kappa shape index (κ3) is 5.55. The van der Waals surface area contributed by atoms with Crippen LogP contribution in [-0.2, 0) is 6.54 Å². The highest BCUT2D eigenvalue weighted by Crippen LogP contribution is 2.23. The van der Waals surface area contributed by atoms with Gasteiger partial charge in [-0.05, 0) is 74.9 Å². The van der Waals surface area contributed by atoms with Crippen molar-refractivity contribution < 1.29 is 14.0 Å². The second kappa shape index (κ2) is 10.7. The molecule has 0 spiro atoms. The van der Waals surface area contributed by atoms with Crippen molar-refractivity contribution in [1.82, 2.24) is 24.3 Å². The van der Waals surface area contributed by atoms with E-state index in [1.165, 1.54) is 4.57 Å². The smallest absolute Gasteiger partial charge is 0.277 e. The Morgan fingerprint density at radius 1 is 0.973 bits per heavy atom. The van der Waals surface area contributed by atoms with E-state index in [0.29, 0.717) is 29.5 Å². The van der Waals surface area contributed by atoms with Gasteiger partial charge in [-0.15, -0.1) is 0 Å². The molecule has 5 aromatic rings. The van der Waals surface area contributed by atoms with Crippen LogP contribution in [0.3, 0.4) is 0 Å². The standard InChI is InChI=1S/C28H29N5O4/c1-4-5-16-35-22-10-6-20(7-11-22)24-17-25-28(34)32(14-15-33(25)30-24)18-26-29-27(31-37-26)21-8-12-23(13-9-21)36-19(2)3/h6-15,17,19H,4-5,16,18H2,1-3H3.